The van der Waals surface area contributed by atoms with Crippen LogP contribution in [0.25, 0.3) is 0 Å². The van der Waals surface area contributed by atoms with Crippen molar-refractivity contribution in [1.29, 1.82) is 0 Å². The van der Waals surface area contributed by atoms with E-state index in [-0.39, 0.29) is 6.61 Å². The van der Waals surface area contributed by atoms with Crippen molar-refractivity contribution in [3.63, 3.8) is 0 Å². The molecule has 0 bridgehead atoms. The van der Waals surface area contributed by atoms with E-state index in [0.717, 1.165) is 11.9 Å². The van der Waals surface area contributed by atoms with E-state index >= 15 is 0 Å². The van der Waals surface area contributed by atoms with Crippen molar-refractivity contribution in [2.75, 3.05) is 13.2 Å². The Kier molecular flexibility index (Phi) is 3.82. The molecule has 0 fully saturated rings. The molecule has 0 aromatic rings. The van der Waals surface area contributed by atoms with Gasteiger partial charge in [0.15, 0.2) is 0 Å². The average Bonchev–Trinajstić information content (AvgIpc) is 1.80. The van der Waals surface area contributed by atoms with Gasteiger partial charge in [-0.05, 0) is 6.92 Å². The highest BCUT2D eigenvalue weighted by molar-refractivity contribution is 7.04. The third kappa shape index (κ3) is 3.13. The summed E-state index contributed by atoms with van der Waals surface area (Å²) < 4.78 is 0. The van der Waals surface area contributed by atoms with Crippen LogP contribution in [0.5, 0.6) is 0 Å². The first-order chi connectivity index (χ1) is 4.52. The third-order valence-electron chi connectivity index (χ3n) is 1.36. The molecule has 2 nitrogen and oxygen atoms in total. The minimum absolute atomic E-state index is 0.142. The summed E-state index contributed by atoms with van der Waals surface area (Å²) in [6, 6.07) is 0. The van der Waals surface area contributed by atoms with E-state index in [4.69, 9.17) is 5.11 Å². The van der Waals surface area contributed by atoms with E-state index in [1.165, 1.54) is 0 Å². The number of hydrogen-bond acceptors (Lipinski definition) is 2. The molecule has 3 heteroatoms. The molecule has 0 unspecified atom stereocenters. The number of aliphatic hydroxyl groups is 1. The van der Waals surface area contributed by atoms with Gasteiger partial charge < -0.3 is 5.11 Å². The van der Waals surface area contributed by atoms with E-state index in [1.807, 2.05) is 6.92 Å². The molecule has 0 atom stereocenters. The maximum absolute atomic E-state index is 8.90. The second-order valence-corrected chi connectivity index (χ2v) is 8.41. The van der Waals surface area contributed by atoms with Crippen molar-refractivity contribution in [3.05, 3.63) is 0 Å². The molecular weight excluding hydrogens is 142 g/mol. The molecule has 0 aliphatic carbocycles. The summed E-state index contributed by atoms with van der Waals surface area (Å²) in [6.07, 6.45) is 0. The lowest BCUT2D eigenvalue weighted by Gasteiger charge is -2.16. The van der Waals surface area contributed by atoms with Gasteiger partial charge in [-0.1, -0.05) is 19.6 Å². The highest BCUT2D eigenvalue weighted by atomic mass is 28.3. The zero-order valence-electron chi connectivity index (χ0n) is 7.31. The summed E-state index contributed by atoms with van der Waals surface area (Å²) >= 11 is 0. The predicted molar refractivity (Wildman–Crippen MR) is 48.4 cm³/mol. The van der Waals surface area contributed by atoms with Crippen LogP contribution in [-0.2, 0) is 0 Å². The van der Waals surface area contributed by atoms with Crippen LogP contribution in [0.3, 0.4) is 0 Å². The summed E-state index contributed by atoms with van der Waals surface area (Å²) in [5, 5.41) is 9.92. The Labute approximate surface area is 64.0 Å². The summed E-state index contributed by atoms with van der Waals surface area (Å²) in [6.45, 7) is 9.51. The summed E-state index contributed by atoms with van der Waals surface area (Å²) in [7, 11) is -1.31. The zero-order valence-corrected chi connectivity index (χ0v) is 8.31. The molecule has 0 aliphatic rings. The van der Waals surface area contributed by atoms with E-state index in [9.17, 15) is 0 Å². The standard InChI is InChI=1S/C7H17NOSi/c1-5-8-7(6-9)10(2,3)4/h9H,5-6H2,1-4H3. The number of hydrogen-bond donors (Lipinski definition) is 1. The first-order valence-electron chi connectivity index (χ1n) is 3.67. The normalized spacial score (nSPS) is 13.9. The van der Waals surface area contributed by atoms with Gasteiger partial charge in [-0.3, -0.25) is 4.99 Å². The largest absolute Gasteiger partial charge is 0.391 e. The van der Waals surface area contributed by atoms with Crippen LogP contribution in [0.15, 0.2) is 4.99 Å². The van der Waals surface area contributed by atoms with E-state index in [1.54, 1.807) is 0 Å². The Morgan fingerprint density at radius 1 is 1.40 bits per heavy atom. The van der Waals surface area contributed by atoms with Crippen LogP contribution in [0.2, 0.25) is 19.6 Å². The highest BCUT2D eigenvalue weighted by Gasteiger charge is 2.19. The van der Waals surface area contributed by atoms with Crippen molar-refractivity contribution in [3.8, 4) is 0 Å². The Morgan fingerprint density at radius 3 is 2.00 bits per heavy atom. The highest BCUT2D eigenvalue weighted by Crippen LogP contribution is 2.03. The monoisotopic (exact) mass is 159 g/mol. The Morgan fingerprint density at radius 2 is 1.90 bits per heavy atom. The van der Waals surface area contributed by atoms with E-state index in [0.29, 0.717) is 0 Å². The van der Waals surface area contributed by atoms with Crippen molar-refractivity contribution in [1.82, 2.24) is 0 Å². The molecule has 60 valence electrons. The van der Waals surface area contributed by atoms with Crippen LogP contribution < -0.4 is 0 Å². The summed E-state index contributed by atoms with van der Waals surface area (Å²) in [5.74, 6) is 0. The first-order valence-corrected chi connectivity index (χ1v) is 7.17. The minimum Gasteiger partial charge on any atom is -0.391 e. The van der Waals surface area contributed by atoms with Gasteiger partial charge in [0.2, 0.25) is 0 Å². The second kappa shape index (κ2) is 3.88. The quantitative estimate of drug-likeness (QED) is 0.489. The van der Waals surface area contributed by atoms with Crippen LogP contribution in [0.4, 0.5) is 0 Å². The minimum atomic E-state index is -1.31. The van der Waals surface area contributed by atoms with Gasteiger partial charge in [-0.25, -0.2) is 0 Å². The number of aliphatic imine (C=N–C) groups is 1. The molecule has 0 amide bonds. The van der Waals surface area contributed by atoms with Crippen LogP contribution in [0.1, 0.15) is 6.92 Å². The molecule has 0 radical (unpaired) electrons. The molecular formula is C7H17NOSi. The molecule has 0 aromatic heterocycles. The van der Waals surface area contributed by atoms with Gasteiger partial charge in [0, 0.05) is 11.9 Å². The summed E-state index contributed by atoms with van der Waals surface area (Å²) in [4.78, 5) is 4.24. The Hall–Kier alpha value is -0.153. The molecule has 0 saturated carbocycles. The average molecular weight is 159 g/mol. The zero-order chi connectivity index (χ0) is 8.20. The molecule has 0 spiro atoms. The van der Waals surface area contributed by atoms with Crippen molar-refractivity contribution in [2.45, 2.75) is 26.6 Å². The van der Waals surface area contributed by atoms with Crippen LogP contribution >= 0.6 is 0 Å². The van der Waals surface area contributed by atoms with Gasteiger partial charge in [0.25, 0.3) is 0 Å². The van der Waals surface area contributed by atoms with Crippen molar-refractivity contribution >= 4 is 13.4 Å². The smallest absolute Gasteiger partial charge is 0.0984 e. The SMILES string of the molecule is CCN=C(CO)[Si](C)(C)C. The first kappa shape index (κ1) is 9.85. The van der Waals surface area contributed by atoms with Gasteiger partial charge in [0.1, 0.15) is 0 Å². The van der Waals surface area contributed by atoms with E-state index < -0.39 is 8.07 Å². The number of nitrogens with zero attached hydrogens (tertiary/aromatic N) is 1. The number of rotatable bonds is 3. The van der Waals surface area contributed by atoms with E-state index in [2.05, 4.69) is 24.6 Å². The molecule has 0 rings (SSSR count). The maximum Gasteiger partial charge on any atom is 0.0984 e. The van der Waals surface area contributed by atoms with Crippen LogP contribution in [0, 0.1) is 0 Å². The van der Waals surface area contributed by atoms with Crippen LogP contribution in [-0.4, -0.2) is 31.7 Å². The molecule has 0 saturated heterocycles. The molecule has 0 aliphatic heterocycles. The fourth-order valence-corrected chi connectivity index (χ4v) is 1.82. The molecule has 0 heterocycles. The Bertz CT molecular complexity index is 126. The lowest BCUT2D eigenvalue weighted by atomic mass is 10.7. The van der Waals surface area contributed by atoms with Gasteiger partial charge in [-0.2, -0.15) is 0 Å². The second-order valence-electron chi connectivity index (χ2n) is 3.33. The van der Waals surface area contributed by atoms with Gasteiger partial charge >= 0.3 is 0 Å². The predicted octanol–water partition coefficient (Wildman–Crippen LogP) is 1.32. The van der Waals surface area contributed by atoms with Gasteiger partial charge in [0.05, 0.1) is 14.7 Å². The van der Waals surface area contributed by atoms with Crippen molar-refractivity contribution in [2.24, 2.45) is 4.99 Å². The lowest BCUT2D eigenvalue weighted by Crippen LogP contribution is -2.36. The Balaban J connectivity index is 4.21. The molecule has 10 heavy (non-hydrogen) atoms. The third-order valence-corrected chi connectivity index (χ3v) is 3.41. The fourth-order valence-electron chi connectivity index (χ4n) is 0.715. The van der Waals surface area contributed by atoms with Crippen molar-refractivity contribution < 1.29 is 5.11 Å². The maximum atomic E-state index is 8.90. The molecule has 1 N–H and O–H groups in total. The van der Waals surface area contributed by atoms with Gasteiger partial charge in [-0.15, -0.1) is 0 Å². The topological polar surface area (TPSA) is 32.6 Å². The summed E-state index contributed by atoms with van der Waals surface area (Å²) in [5.41, 5.74) is 0. The number of aliphatic hydroxyl groups excluding tert-OH is 1. The fraction of sp³-hybridized carbons (Fsp3) is 0.857. The molecule has 0 aromatic carbocycles. The lowest BCUT2D eigenvalue weighted by molar-refractivity contribution is 0.359.